The highest BCUT2D eigenvalue weighted by Crippen LogP contribution is 2.30. The molecular formula is C18H24Cl2N2O5S. The van der Waals surface area contributed by atoms with Crippen LogP contribution >= 0.6 is 23.2 Å². The molecule has 0 unspecified atom stereocenters. The number of ether oxygens (including phenoxy) is 1. The average Bonchev–Trinajstić information content (AvgIpc) is 2.66. The fraction of sp³-hybridized carbons (Fsp3) is 0.556. The van der Waals surface area contributed by atoms with E-state index in [0.717, 1.165) is 0 Å². The Hall–Kier alpha value is -1.35. The van der Waals surface area contributed by atoms with Crippen molar-refractivity contribution in [3.63, 3.8) is 0 Å². The second kappa shape index (κ2) is 9.91. The van der Waals surface area contributed by atoms with Gasteiger partial charge >= 0.3 is 5.97 Å². The van der Waals surface area contributed by atoms with E-state index >= 15 is 0 Å². The number of benzene rings is 1. The minimum Gasteiger partial charge on any atom is -0.455 e. The van der Waals surface area contributed by atoms with E-state index < -0.39 is 21.9 Å². The van der Waals surface area contributed by atoms with Crippen LogP contribution in [0.4, 0.5) is 0 Å². The van der Waals surface area contributed by atoms with Gasteiger partial charge in [-0.15, -0.1) is 0 Å². The van der Waals surface area contributed by atoms with Crippen LogP contribution in [0.3, 0.4) is 0 Å². The summed E-state index contributed by atoms with van der Waals surface area (Å²) in [5, 5.41) is 3.04. The molecule has 28 heavy (non-hydrogen) atoms. The summed E-state index contributed by atoms with van der Waals surface area (Å²) < 4.78 is 31.9. The Labute approximate surface area is 175 Å². The van der Waals surface area contributed by atoms with Crippen molar-refractivity contribution in [3.8, 4) is 0 Å². The molecule has 0 radical (unpaired) electrons. The van der Waals surface area contributed by atoms with Gasteiger partial charge in [0.05, 0.1) is 10.9 Å². The van der Waals surface area contributed by atoms with Crippen LogP contribution < -0.4 is 5.32 Å². The summed E-state index contributed by atoms with van der Waals surface area (Å²) in [6.07, 6.45) is 0.619. The quantitative estimate of drug-likeness (QED) is 0.644. The molecule has 1 saturated heterocycles. The van der Waals surface area contributed by atoms with Crippen molar-refractivity contribution in [2.24, 2.45) is 11.8 Å². The van der Waals surface area contributed by atoms with Gasteiger partial charge in [-0.05, 0) is 37.0 Å². The first-order valence-electron chi connectivity index (χ1n) is 8.99. The van der Waals surface area contributed by atoms with Crippen LogP contribution in [-0.4, -0.2) is 50.8 Å². The van der Waals surface area contributed by atoms with Crippen LogP contribution in [0.1, 0.15) is 26.7 Å². The summed E-state index contributed by atoms with van der Waals surface area (Å²) in [4.78, 5) is 23.7. The second-order valence-electron chi connectivity index (χ2n) is 7.06. The molecule has 10 heteroatoms. The predicted octanol–water partition coefficient (Wildman–Crippen LogP) is 2.71. The highest BCUT2D eigenvalue weighted by atomic mass is 35.5. The maximum atomic E-state index is 12.8. The molecule has 0 aromatic heterocycles. The molecule has 1 aromatic rings. The van der Waals surface area contributed by atoms with E-state index in [-0.39, 0.29) is 40.5 Å². The Kier molecular flexibility index (Phi) is 8.12. The lowest BCUT2D eigenvalue weighted by atomic mass is 9.98. The summed E-state index contributed by atoms with van der Waals surface area (Å²) in [5.41, 5.74) is 0. The zero-order valence-electron chi connectivity index (χ0n) is 15.8. The first kappa shape index (κ1) is 22.9. The minimum atomic E-state index is -3.80. The lowest BCUT2D eigenvalue weighted by Crippen LogP contribution is -2.41. The van der Waals surface area contributed by atoms with Crippen molar-refractivity contribution in [2.45, 2.75) is 31.6 Å². The summed E-state index contributed by atoms with van der Waals surface area (Å²) in [6.45, 7) is 4.42. The number of nitrogens with zero attached hydrogens (tertiary/aromatic N) is 1. The van der Waals surface area contributed by atoms with Gasteiger partial charge in [0.2, 0.25) is 10.0 Å². The fourth-order valence-corrected chi connectivity index (χ4v) is 4.98. The zero-order valence-corrected chi connectivity index (χ0v) is 18.1. The van der Waals surface area contributed by atoms with Gasteiger partial charge in [-0.3, -0.25) is 9.59 Å². The molecule has 0 aliphatic carbocycles. The highest BCUT2D eigenvalue weighted by molar-refractivity contribution is 7.89. The van der Waals surface area contributed by atoms with Crippen molar-refractivity contribution < 1.29 is 22.7 Å². The van der Waals surface area contributed by atoms with Crippen LogP contribution in [0.2, 0.25) is 10.0 Å². The lowest BCUT2D eigenvalue weighted by Gasteiger charge is -2.30. The summed E-state index contributed by atoms with van der Waals surface area (Å²) in [6, 6.07) is 4.27. The van der Waals surface area contributed by atoms with Gasteiger partial charge in [-0.1, -0.05) is 37.0 Å². The normalized spacial score (nSPS) is 16.2. The van der Waals surface area contributed by atoms with E-state index in [1.807, 2.05) is 13.8 Å². The molecule has 7 nitrogen and oxygen atoms in total. The van der Waals surface area contributed by atoms with E-state index in [1.165, 1.54) is 22.5 Å². The smallest absolute Gasteiger partial charge is 0.309 e. The first-order chi connectivity index (χ1) is 13.1. The number of hydrogen-bond acceptors (Lipinski definition) is 5. The SMILES string of the molecule is CC(C)CNC(=O)COC(=O)C1CCN(S(=O)(=O)c2cc(Cl)ccc2Cl)CC1. The van der Waals surface area contributed by atoms with Crippen LogP contribution in [0, 0.1) is 11.8 Å². The van der Waals surface area contributed by atoms with E-state index in [4.69, 9.17) is 27.9 Å². The number of hydrogen-bond donors (Lipinski definition) is 1. The highest BCUT2D eigenvalue weighted by Gasteiger charge is 2.34. The van der Waals surface area contributed by atoms with E-state index in [9.17, 15) is 18.0 Å². The van der Waals surface area contributed by atoms with Crippen LogP contribution in [0.5, 0.6) is 0 Å². The topological polar surface area (TPSA) is 92.8 Å². The van der Waals surface area contributed by atoms with Gasteiger partial charge in [0.25, 0.3) is 5.91 Å². The Morgan fingerprint density at radius 3 is 2.50 bits per heavy atom. The Balaban J connectivity index is 1.89. The Morgan fingerprint density at radius 2 is 1.89 bits per heavy atom. The van der Waals surface area contributed by atoms with Gasteiger partial charge in [-0.2, -0.15) is 4.31 Å². The second-order valence-corrected chi connectivity index (χ2v) is 9.81. The molecule has 0 atom stereocenters. The van der Waals surface area contributed by atoms with Gasteiger partial charge in [0.1, 0.15) is 4.90 Å². The molecule has 0 spiro atoms. The Morgan fingerprint density at radius 1 is 1.25 bits per heavy atom. The van der Waals surface area contributed by atoms with Crippen molar-refractivity contribution in [1.29, 1.82) is 0 Å². The number of rotatable bonds is 7. The molecule has 1 amide bonds. The largest absolute Gasteiger partial charge is 0.455 e. The number of carbonyl (C=O) groups excluding carboxylic acids is 2. The van der Waals surface area contributed by atoms with Gasteiger partial charge in [0, 0.05) is 24.7 Å². The van der Waals surface area contributed by atoms with E-state index in [2.05, 4.69) is 5.32 Å². The predicted molar refractivity (Wildman–Crippen MR) is 107 cm³/mol. The van der Waals surface area contributed by atoms with Crippen molar-refractivity contribution >= 4 is 45.1 Å². The van der Waals surface area contributed by atoms with Crippen LogP contribution in [0.15, 0.2) is 23.1 Å². The third-order valence-corrected chi connectivity index (χ3v) is 6.97. The van der Waals surface area contributed by atoms with Crippen molar-refractivity contribution in [2.75, 3.05) is 26.2 Å². The summed E-state index contributed by atoms with van der Waals surface area (Å²) >= 11 is 11.9. The standard InChI is InChI=1S/C18H24Cl2N2O5S/c1-12(2)10-21-17(23)11-27-18(24)13-5-7-22(8-6-13)28(25,26)16-9-14(19)3-4-15(16)20/h3-4,9,12-13H,5-8,10-11H2,1-2H3,(H,21,23). The first-order valence-corrected chi connectivity index (χ1v) is 11.2. The number of nitrogens with one attached hydrogen (secondary N) is 1. The van der Waals surface area contributed by atoms with Crippen LogP contribution in [0.25, 0.3) is 0 Å². The van der Waals surface area contributed by atoms with Crippen LogP contribution in [-0.2, 0) is 24.3 Å². The molecule has 1 aromatic carbocycles. The molecule has 1 N–H and O–H groups in total. The maximum absolute atomic E-state index is 12.8. The maximum Gasteiger partial charge on any atom is 0.309 e. The van der Waals surface area contributed by atoms with Gasteiger partial charge in [-0.25, -0.2) is 8.42 Å². The molecule has 1 heterocycles. The minimum absolute atomic E-state index is 0.0514. The summed E-state index contributed by atoms with van der Waals surface area (Å²) in [5.74, 6) is -0.978. The third kappa shape index (κ3) is 6.07. The molecule has 0 saturated carbocycles. The van der Waals surface area contributed by atoms with Gasteiger partial charge < -0.3 is 10.1 Å². The molecule has 2 rings (SSSR count). The third-order valence-electron chi connectivity index (χ3n) is 4.35. The number of halogens is 2. The molecule has 1 fully saturated rings. The van der Waals surface area contributed by atoms with E-state index in [0.29, 0.717) is 25.3 Å². The summed E-state index contributed by atoms with van der Waals surface area (Å²) in [7, 11) is -3.80. The van der Waals surface area contributed by atoms with E-state index in [1.54, 1.807) is 0 Å². The van der Waals surface area contributed by atoms with Crippen molar-refractivity contribution in [1.82, 2.24) is 9.62 Å². The van der Waals surface area contributed by atoms with Gasteiger partial charge in [0.15, 0.2) is 6.61 Å². The number of amides is 1. The number of carbonyl (C=O) groups is 2. The molecule has 0 bridgehead atoms. The number of piperidine rings is 1. The number of esters is 1. The molecule has 1 aliphatic heterocycles. The Bertz CT molecular complexity index is 821. The fourth-order valence-electron chi connectivity index (χ4n) is 2.77. The molecule has 1 aliphatic rings. The average molecular weight is 451 g/mol. The molecular weight excluding hydrogens is 427 g/mol. The lowest BCUT2D eigenvalue weighted by molar-refractivity contribution is -0.153. The number of sulfonamides is 1. The van der Waals surface area contributed by atoms with Crippen molar-refractivity contribution in [3.05, 3.63) is 28.2 Å². The zero-order chi connectivity index (χ0) is 20.9. The monoisotopic (exact) mass is 450 g/mol. The molecule has 156 valence electrons.